The number of rotatable bonds is 3. The molecule has 0 saturated carbocycles. The first kappa shape index (κ1) is 13.1. The molecule has 0 radical (unpaired) electrons. The summed E-state index contributed by atoms with van der Waals surface area (Å²) in [6.45, 7) is 2.05. The first-order chi connectivity index (χ1) is 9.70. The Morgan fingerprint density at radius 3 is 2.65 bits per heavy atom. The third kappa shape index (κ3) is 2.96. The summed E-state index contributed by atoms with van der Waals surface area (Å²) in [5.41, 5.74) is 3.31. The van der Waals surface area contributed by atoms with Crippen molar-refractivity contribution in [2.24, 2.45) is 0 Å². The Morgan fingerprint density at radius 2 is 1.90 bits per heavy atom. The van der Waals surface area contributed by atoms with Crippen LogP contribution >= 0.6 is 15.9 Å². The van der Waals surface area contributed by atoms with Gasteiger partial charge in [0.15, 0.2) is 0 Å². The summed E-state index contributed by atoms with van der Waals surface area (Å²) in [6.07, 6.45) is 0.645. The van der Waals surface area contributed by atoms with E-state index in [4.69, 9.17) is 4.52 Å². The van der Waals surface area contributed by atoms with Gasteiger partial charge in [0.05, 0.1) is 6.42 Å². The van der Waals surface area contributed by atoms with Gasteiger partial charge in [-0.25, -0.2) is 0 Å². The average molecular weight is 329 g/mol. The monoisotopic (exact) mass is 328 g/mol. The molecule has 0 atom stereocenters. The minimum Gasteiger partial charge on any atom is -0.339 e. The highest BCUT2D eigenvalue weighted by atomic mass is 79.9. The van der Waals surface area contributed by atoms with Gasteiger partial charge in [0.25, 0.3) is 0 Å². The molecular formula is C16H13BrN2O. The van der Waals surface area contributed by atoms with Gasteiger partial charge in [0, 0.05) is 10.0 Å². The zero-order valence-corrected chi connectivity index (χ0v) is 12.6. The third-order valence-corrected chi connectivity index (χ3v) is 3.54. The maximum atomic E-state index is 5.32. The van der Waals surface area contributed by atoms with Crippen LogP contribution in [0.15, 0.2) is 57.5 Å². The van der Waals surface area contributed by atoms with Crippen LogP contribution in [0.4, 0.5) is 0 Å². The van der Waals surface area contributed by atoms with Crippen LogP contribution in [-0.2, 0) is 6.42 Å². The Morgan fingerprint density at radius 1 is 1.10 bits per heavy atom. The molecule has 0 N–H and O–H groups in total. The summed E-state index contributed by atoms with van der Waals surface area (Å²) in [7, 11) is 0. The van der Waals surface area contributed by atoms with Gasteiger partial charge in [-0.05, 0) is 30.7 Å². The van der Waals surface area contributed by atoms with Gasteiger partial charge in [-0.1, -0.05) is 57.0 Å². The van der Waals surface area contributed by atoms with Crippen molar-refractivity contribution in [3.05, 3.63) is 70.0 Å². The first-order valence-electron chi connectivity index (χ1n) is 6.35. The lowest BCUT2D eigenvalue weighted by Crippen LogP contribution is -1.88. The quantitative estimate of drug-likeness (QED) is 0.715. The molecule has 3 aromatic rings. The minimum absolute atomic E-state index is 0.629. The van der Waals surface area contributed by atoms with Crippen LogP contribution in [0.25, 0.3) is 11.4 Å². The predicted molar refractivity (Wildman–Crippen MR) is 81.4 cm³/mol. The second kappa shape index (κ2) is 5.59. The van der Waals surface area contributed by atoms with Crippen LogP contribution in [0.3, 0.4) is 0 Å². The van der Waals surface area contributed by atoms with E-state index in [1.807, 2.05) is 55.5 Å². The highest BCUT2D eigenvalue weighted by molar-refractivity contribution is 9.10. The fourth-order valence-electron chi connectivity index (χ4n) is 2.00. The Bertz CT molecular complexity index is 719. The topological polar surface area (TPSA) is 38.9 Å². The van der Waals surface area contributed by atoms with Crippen LogP contribution in [0.5, 0.6) is 0 Å². The number of nitrogens with zero attached hydrogens (tertiary/aromatic N) is 2. The molecule has 0 bridgehead atoms. The van der Waals surface area contributed by atoms with Gasteiger partial charge in [-0.2, -0.15) is 4.98 Å². The van der Waals surface area contributed by atoms with Crippen molar-refractivity contribution in [1.82, 2.24) is 10.1 Å². The zero-order chi connectivity index (χ0) is 13.9. The molecule has 3 rings (SSSR count). The van der Waals surface area contributed by atoms with Crippen molar-refractivity contribution >= 4 is 15.9 Å². The molecule has 0 amide bonds. The molecule has 0 spiro atoms. The van der Waals surface area contributed by atoms with Gasteiger partial charge in [0.1, 0.15) is 0 Å². The Hall–Kier alpha value is -1.94. The van der Waals surface area contributed by atoms with E-state index < -0.39 is 0 Å². The molecule has 0 unspecified atom stereocenters. The predicted octanol–water partition coefficient (Wildman–Crippen LogP) is 4.40. The van der Waals surface area contributed by atoms with Crippen molar-refractivity contribution in [2.75, 3.05) is 0 Å². The average Bonchev–Trinajstić information content (AvgIpc) is 2.90. The number of aromatic nitrogens is 2. The SMILES string of the molecule is Cc1cccc(-c2noc(Cc3ccc(Br)cc3)n2)c1. The normalized spacial score (nSPS) is 10.7. The van der Waals surface area contributed by atoms with Crippen LogP contribution in [0.1, 0.15) is 17.0 Å². The second-order valence-corrected chi connectivity index (χ2v) is 5.60. The summed E-state index contributed by atoms with van der Waals surface area (Å²) < 4.78 is 6.38. The molecule has 0 aliphatic rings. The summed E-state index contributed by atoms with van der Waals surface area (Å²) in [4.78, 5) is 4.45. The molecule has 2 aromatic carbocycles. The summed E-state index contributed by atoms with van der Waals surface area (Å²) in [6, 6.07) is 16.2. The van der Waals surface area contributed by atoms with Crippen LogP contribution in [0, 0.1) is 6.92 Å². The molecule has 1 aromatic heterocycles. The maximum Gasteiger partial charge on any atom is 0.231 e. The number of hydrogen-bond donors (Lipinski definition) is 0. The minimum atomic E-state index is 0.629. The van der Waals surface area contributed by atoms with E-state index in [1.165, 1.54) is 5.56 Å². The molecular weight excluding hydrogens is 316 g/mol. The smallest absolute Gasteiger partial charge is 0.231 e. The van der Waals surface area contributed by atoms with Gasteiger partial charge < -0.3 is 4.52 Å². The number of halogens is 1. The molecule has 4 heteroatoms. The largest absolute Gasteiger partial charge is 0.339 e. The van der Waals surface area contributed by atoms with E-state index in [1.54, 1.807) is 0 Å². The number of hydrogen-bond acceptors (Lipinski definition) is 3. The van der Waals surface area contributed by atoms with Crippen molar-refractivity contribution in [1.29, 1.82) is 0 Å². The van der Waals surface area contributed by atoms with Gasteiger partial charge in [0.2, 0.25) is 11.7 Å². The third-order valence-electron chi connectivity index (χ3n) is 3.01. The van der Waals surface area contributed by atoms with Gasteiger partial charge >= 0.3 is 0 Å². The van der Waals surface area contributed by atoms with Gasteiger partial charge in [-0.15, -0.1) is 0 Å². The molecule has 20 heavy (non-hydrogen) atoms. The van der Waals surface area contributed by atoms with E-state index in [-0.39, 0.29) is 0 Å². The van der Waals surface area contributed by atoms with Crippen molar-refractivity contribution in [3.63, 3.8) is 0 Å². The fourth-order valence-corrected chi connectivity index (χ4v) is 2.27. The first-order valence-corrected chi connectivity index (χ1v) is 7.14. The summed E-state index contributed by atoms with van der Waals surface area (Å²) >= 11 is 3.42. The standard InChI is InChI=1S/C16H13BrN2O/c1-11-3-2-4-13(9-11)16-18-15(20-19-16)10-12-5-7-14(17)8-6-12/h2-9H,10H2,1H3. The fraction of sp³-hybridized carbons (Fsp3) is 0.125. The molecule has 0 aliphatic carbocycles. The highest BCUT2D eigenvalue weighted by Crippen LogP contribution is 2.19. The van der Waals surface area contributed by atoms with Crippen molar-refractivity contribution in [2.45, 2.75) is 13.3 Å². The van der Waals surface area contributed by atoms with E-state index in [0.29, 0.717) is 18.1 Å². The van der Waals surface area contributed by atoms with Crippen LogP contribution < -0.4 is 0 Å². The summed E-state index contributed by atoms with van der Waals surface area (Å²) in [5.74, 6) is 1.27. The van der Waals surface area contributed by atoms with Crippen molar-refractivity contribution < 1.29 is 4.52 Å². The lowest BCUT2D eigenvalue weighted by Gasteiger charge is -1.97. The van der Waals surface area contributed by atoms with Crippen molar-refractivity contribution in [3.8, 4) is 11.4 Å². The molecule has 100 valence electrons. The van der Waals surface area contributed by atoms with E-state index in [0.717, 1.165) is 15.6 Å². The lowest BCUT2D eigenvalue weighted by molar-refractivity contribution is 0.385. The molecule has 0 aliphatic heterocycles. The zero-order valence-electron chi connectivity index (χ0n) is 11.0. The van der Waals surface area contributed by atoms with E-state index in [9.17, 15) is 0 Å². The van der Waals surface area contributed by atoms with Crippen LogP contribution in [0.2, 0.25) is 0 Å². The molecule has 0 fully saturated rings. The summed E-state index contributed by atoms with van der Waals surface area (Å²) in [5, 5.41) is 4.05. The second-order valence-electron chi connectivity index (χ2n) is 4.68. The van der Waals surface area contributed by atoms with Gasteiger partial charge in [-0.3, -0.25) is 0 Å². The molecule has 3 nitrogen and oxygen atoms in total. The Labute approximate surface area is 125 Å². The maximum absolute atomic E-state index is 5.32. The lowest BCUT2D eigenvalue weighted by atomic mass is 10.1. The number of benzene rings is 2. The van der Waals surface area contributed by atoms with E-state index in [2.05, 4.69) is 26.1 Å². The van der Waals surface area contributed by atoms with E-state index >= 15 is 0 Å². The molecule has 1 heterocycles. The Balaban J connectivity index is 1.82. The number of aryl methyl sites for hydroxylation is 1. The van der Waals surface area contributed by atoms with Crippen LogP contribution in [-0.4, -0.2) is 10.1 Å². The Kier molecular flexibility index (Phi) is 3.65. The molecule has 0 saturated heterocycles. The highest BCUT2D eigenvalue weighted by Gasteiger charge is 2.09.